The molecule has 0 saturated heterocycles. The van der Waals surface area contributed by atoms with Crippen molar-refractivity contribution in [3.8, 4) is 0 Å². The third-order valence-electron chi connectivity index (χ3n) is 3.31. The van der Waals surface area contributed by atoms with Crippen LogP contribution in [0.2, 0.25) is 0 Å². The van der Waals surface area contributed by atoms with Gasteiger partial charge in [-0.1, -0.05) is 33.8 Å². The third-order valence-corrected chi connectivity index (χ3v) is 3.31. The van der Waals surface area contributed by atoms with E-state index in [0.717, 1.165) is 31.9 Å². The SMILES string of the molecule is CCN(Cc1ccccn1)CC(CN)CC(C)(C)C. The molecule has 1 unspecified atom stereocenters. The van der Waals surface area contributed by atoms with Crippen LogP contribution < -0.4 is 5.73 Å². The van der Waals surface area contributed by atoms with Crippen molar-refractivity contribution in [2.45, 2.75) is 40.7 Å². The predicted octanol–water partition coefficient (Wildman–Crippen LogP) is 2.91. The molecule has 2 N–H and O–H groups in total. The first-order chi connectivity index (χ1) is 8.94. The van der Waals surface area contributed by atoms with Crippen LogP contribution in [0.4, 0.5) is 0 Å². The van der Waals surface area contributed by atoms with E-state index in [1.54, 1.807) is 0 Å². The Kier molecular flexibility index (Phi) is 6.46. The summed E-state index contributed by atoms with van der Waals surface area (Å²) in [4.78, 5) is 6.84. The van der Waals surface area contributed by atoms with Gasteiger partial charge in [0.15, 0.2) is 0 Å². The summed E-state index contributed by atoms with van der Waals surface area (Å²) in [6.45, 7) is 12.8. The van der Waals surface area contributed by atoms with E-state index < -0.39 is 0 Å². The summed E-state index contributed by atoms with van der Waals surface area (Å²) < 4.78 is 0. The van der Waals surface area contributed by atoms with Crippen molar-refractivity contribution < 1.29 is 0 Å². The summed E-state index contributed by atoms with van der Waals surface area (Å²) in [5.74, 6) is 0.559. The zero-order chi connectivity index (χ0) is 14.3. The normalized spacial score (nSPS) is 13.8. The average Bonchev–Trinajstić information content (AvgIpc) is 2.36. The van der Waals surface area contributed by atoms with Crippen molar-refractivity contribution in [3.05, 3.63) is 30.1 Å². The summed E-state index contributed by atoms with van der Waals surface area (Å²) in [5, 5.41) is 0. The van der Waals surface area contributed by atoms with E-state index in [4.69, 9.17) is 5.73 Å². The molecule has 0 fully saturated rings. The zero-order valence-corrected chi connectivity index (χ0v) is 12.9. The van der Waals surface area contributed by atoms with E-state index in [1.165, 1.54) is 6.42 Å². The lowest BCUT2D eigenvalue weighted by atomic mass is 9.84. The highest BCUT2D eigenvalue weighted by Crippen LogP contribution is 2.24. The van der Waals surface area contributed by atoms with Crippen LogP contribution in [0.15, 0.2) is 24.4 Å². The quantitative estimate of drug-likeness (QED) is 0.822. The minimum atomic E-state index is 0.342. The molecule has 1 atom stereocenters. The Morgan fingerprint density at radius 2 is 2.05 bits per heavy atom. The highest BCUT2D eigenvalue weighted by atomic mass is 15.1. The first kappa shape index (κ1) is 16.1. The summed E-state index contributed by atoms with van der Waals surface area (Å²) >= 11 is 0. The highest BCUT2D eigenvalue weighted by Gasteiger charge is 2.19. The molecular formula is C16H29N3. The fraction of sp³-hybridized carbons (Fsp3) is 0.688. The van der Waals surface area contributed by atoms with Crippen LogP contribution in [-0.2, 0) is 6.54 Å². The van der Waals surface area contributed by atoms with E-state index in [9.17, 15) is 0 Å². The molecule has 0 bridgehead atoms. The van der Waals surface area contributed by atoms with Crippen LogP contribution in [0.25, 0.3) is 0 Å². The maximum absolute atomic E-state index is 5.93. The van der Waals surface area contributed by atoms with Crippen molar-refractivity contribution in [1.82, 2.24) is 9.88 Å². The van der Waals surface area contributed by atoms with E-state index >= 15 is 0 Å². The zero-order valence-electron chi connectivity index (χ0n) is 12.9. The fourth-order valence-corrected chi connectivity index (χ4v) is 2.48. The van der Waals surface area contributed by atoms with Gasteiger partial charge < -0.3 is 5.73 Å². The summed E-state index contributed by atoms with van der Waals surface area (Å²) in [5.41, 5.74) is 7.41. The maximum atomic E-state index is 5.93. The van der Waals surface area contributed by atoms with Gasteiger partial charge in [0.25, 0.3) is 0 Å². The van der Waals surface area contributed by atoms with Crippen LogP contribution in [0, 0.1) is 11.3 Å². The van der Waals surface area contributed by atoms with E-state index in [0.29, 0.717) is 11.3 Å². The monoisotopic (exact) mass is 263 g/mol. The maximum Gasteiger partial charge on any atom is 0.0543 e. The number of hydrogen-bond donors (Lipinski definition) is 1. The molecular weight excluding hydrogens is 234 g/mol. The Labute approximate surface area is 118 Å². The molecule has 3 heteroatoms. The molecule has 0 spiro atoms. The van der Waals surface area contributed by atoms with Crippen molar-refractivity contribution in [1.29, 1.82) is 0 Å². The molecule has 3 nitrogen and oxygen atoms in total. The first-order valence-electron chi connectivity index (χ1n) is 7.27. The summed E-state index contributed by atoms with van der Waals surface area (Å²) in [7, 11) is 0. The number of nitrogens with two attached hydrogens (primary N) is 1. The van der Waals surface area contributed by atoms with Crippen LogP contribution >= 0.6 is 0 Å². The topological polar surface area (TPSA) is 42.2 Å². The van der Waals surface area contributed by atoms with Gasteiger partial charge in [-0.2, -0.15) is 0 Å². The number of pyridine rings is 1. The van der Waals surface area contributed by atoms with Gasteiger partial charge in [-0.05, 0) is 43.0 Å². The predicted molar refractivity (Wildman–Crippen MR) is 81.8 cm³/mol. The van der Waals surface area contributed by atoms with Crippen LogP contribution in [0.1, 0.15) is 39.8 Å². The third kappa shape index (κ3) is 6.69. The van der Waals surface area contributed by atoms with Gasteiger partial charge in [-0.15, -0.1) is 0 Å². The van der Waals surface area contributed by atoms with Crippen LogP contribution in [0.3, 0.4) is 0 Å². The van der Waals surface area contributed by atoms with Gasteiger partial charge in [-0.25, -0.2) is 0 Å². The number of nitrogens with zero attached hydrogens (tertiary/aromatic N) is 2. The molecule has 0 amide bonds. The van der Waals surface area contributed by atoms with E-state index in [-0.39, 0.29) is 0 Å². The molecule has 0 saturated carbocycles. The molecule has 0 aliphatic heterocycles. The van der Waals surface area contributed by atoms with Crippen LogP contribution in [0.5, 0.6) is 0 Å². The molecule has 0 aliphatic rings. The molecule has 1 rings (SSSR count). The average molecular weight is 263 g/mol. The van der Waals surface area contributed by atoms with Gasteiger partial charge in [0.1, 0.15) is 0 Å². The van der Waals surface area contributed by atoms with Crippen molar-refractivity contribution in [3.63, 3.8) is 0 Å². The Hall–Kier alpha value is -0.930. The lowest BCUT2D eigenvalue weighted by molar-refractivity contribution is 0.193. The molecule has 1 heterocycles. The smallest absolute Gasteiger partial charge is 0.0543 e. The van der Waals surface area contributed by atoms with Gasteiger partial charge in [0, 0.05) is 19.3 Å². The number of rotatable bonds is 7. The van der Waals surface area contributed by atoms with Crippen molar-refractivity contribution in [2.75, 3.05) is 19.6 Å². The lowest BCUT2D eigenvalue weighted by Gasteiger charge is -2.30. The van der Waals surface area contributed by atoms with E-state index in [2.05, 4.69) is 43.6 Å². The van der Waals surface area contributed by atoms with Gasteiger partial charge >= 0.3 is 0 Å². The molecule has 0 radical (unpaired) electrons. The summed E-state index contributed by atoms with van der Waals surface area (Å²) in [6, 6.07) is 6.09. The van der Waals surface area contributed by atoms with Gasteiger partial charge in [-0.3, -0.25) is 9.88 Å². The molecule has 1 aromatic rings. The second-order valence-corrected chi connectivity index (χ2v) is 6.52. The fourth-order valence-electron chi connectivity index (χ4n) is 2.48. The van der Waals surface area contributed by atoms with Gasteiger partial charge in [0.05, 0.1) is 5.69 Å². The second-order valence-electron chi connectivity index (χ2n) is 6.52. The number of hydrogen-bond acceptors (Lipinski definition) is 3. The first-order valence-corrected chi connectivity index (χ1v) is 7.27. The van der Waals surface area contributed by atoms with Crippen LogP contribution in [-0.4, -0.2) is 29.5 Å². The number of aromatic nitrogens is 1. The highest BCUT2D eigenvalue weighted by molar-refractivity contribution is 5.03. The lowest BCUT2D eigenvalue weighted by Crippen LogP contribution is -2.34. The molecule has 0 aromatic carbocycles. The Morgan fingerprint density at radius 3 is 2.53 bits per heavy atom. The Balaban J connectivity index is 2.55. The Bertz CT molecular complexity index is 343. The second kappa shape index (κ2) is 7.61. The minimum Gasteiger partial charge on any atom is -0.330 e. The van der Waals surface area contributed by atoms with E-state index in [1.807, 2.05) is 18.3 Å². The minimum absolute atomic E-state index is 0.342. The molecule has 19 heavy (non-hydrogen) atoms. The van der Waals surface area contributed by atoms with Crippen molar-refractivity contribution >= 4 is 0 Å². The standard InChI is InChI=1S/C16H29N3/c1-5-19(13-15-8-6-7-9-18-15)12-14(11-17)10-16(2,3)4/h6-9,14H,5,10-13,17H2,1-4H3. The molecule has 108 valence electrons. The van der Waals surface area contributed by atoms with Crippen molar-refractivity contribution in [2.24, 2.45) is 17.1 Å². The summed E-state index contributed by atoms with van der Waals surface area (Å²) in [6.07, 6.45) is 3.03. The molecule has 0 aliphatic carbocycles. The Morgan fingerprint density at radius 1 is 1.32 bits per heavy atom. The van der Waals surface area contributed by atoms with Gasteiger partial charge in [0.2, 0.25) is 0 Å². The largest absolute Gasteiger partial charge is 0.330 e. The molecule has 1 aromatic heterocycles.